The summed E-state index contributed by atoms with van der Waals surface area (Å²) in [6.45, 7) is 0. The van der Waals surface area contributed by atoms with Gasteiger partial charge in [0.1, 0.15) is 0 Å². The Balaban J connectivity index is 1.57. The third kappa shape index (κ3) is 4.08. The number of benzene rings is 2. The maximum absolute atomic E-state index is 12.4. The van der Waals surface area contributed by atoms with Crippen LogP contribution in [0.1, 0.15) is 6.42 Å². The summed E-state index contributed by atoms with van der Waals surface area (Å²) >= 11 is 5.82. The average Bonchev–Trinajstić information content (AvgIpc) is 3.44. The Kier molecular flexibility index (Phi) is 5.32. The molecule has 0 heterocycles. The van der Waals surface area contributed by atoms with Crippen LogP contribution in [0.3, 0.4) is 0 Å². The molecule has 26 heavy (non-hydrogen) atoms. The van der Waals surface area contributed by atoms with E-state index in [1.54, 1.807) is 49.6 Å². The summed E-state index contributed by atoms with van der Waals surface area (Å²) in [7, 11) is 3.08. The van der Waals surface area contributed by atoms with Gasteiger partial charge in [0.25, 0.3) is 0 Å². The predicted molar refractivity (Wildman–Crippen MR) is 99.9 cm³/mol. The number of halogens is 1. The maximum Gasteiger partial charge on any atom is 0.228 e. The molecule has 1 aliphatic rings. The van der Waals surface area contributed by atoms with Crippen molar-refractivity contribution in [2.45, 2.75) is 6.42 Å². The zero-order valence-electron chi connectivity index (χ0n) is 14.4. The van der Waals surface area contributed by atoms with Crippen molar-refractivity contribution in [3.8, 4) is 11.5 Å². The van der Waals surface area contributed by atoms with Gasteiger partial charge in [0, 0.05) is 22.5 Å². The van der Waals surface area contributed by atoms with Gasteiger partial charge in [0.05, 0.1) is 26.1 Å². The van der Waals surface area contributed by atoms with Gasteiger partial charge in [-0.3, -0.25) is 9.59 Å². The molecule has 2 unspecified atom stereocenters. The normalized spacial score (nSPS) is 18.0. The van der Waals surface area contributed by atoms with E-state index >= 15 is 0 Å². The molecule has 2 amide bonds. The van der Waals surface area contributed by atoms with Crippen molar-refractivity contribution < 1.29 is 19.1 Å². The molecule has 0 aromatic heterocycles. The number of methoxy groups -OCH3 is 2. The van der Waals surface area contributed by atoms with E-state index in [9.17, 15) is 9.59 Å². The van der Waals surface area contributed by atoms with Crippen molar-refractivity contribution in [1.82, 2.24) is 0 Å². The molecule has 0 radical (unpaired) electrons. The standard InChI is InChI=1S/C19H19ClN2O4/c1-25-16-8-7-13(9-17(16)26-2)22-19(24)15-10-14(15)18(23)21-12-5-3-11(20)4-6-12/h3-9,14-15H,10H2,1-2H3,(H,21,23)(H,22,24). The molecular formula is C19H19ClN2O4. The van der Waals surface area contributed by atoms with E-state index in [4.69, 9.17) is 21.1 Å². The SMILES string of the molecule is COc1ccc(NC(=O)C2CC2C(=O)Nc2ccc(Cl)cc2)cc1OC. The minimum absolute atomic E-state index is 0.167. The van der Waals surface area contributed by atoms with Crippen LogP contribution >= 0.6 is 11.6 Å². The van der Waals surface area contributed by atoms with Gasteiger partial charge >= 0.3 is 0 Å². The lowest BCUT2D eigenvalue weighted by molar-refractivity contribution is -0.122. The molecule has 2 atom stereocenters. The molecule has 0 saturated heterocycles. The van der Waals surface area contributed by atoms with Gasteiger partial charge in [-0.2, -0.15) is 0 Å². The van der Waals surface area contributed by atoms with E-state index in [0.717, 1.165) is 0 Å². The Morgan fingerprint density at radius 2 is 1.42 bits per heavy atom. The van der Waals surface area contributed by atoms with Crippen LogP contribution in [0.15, 0.2) is 42.5 Å². The maximum atomic E-state index is 12.4. The molecule has 3 rings (SSSR count). The van der Waals surface area contributed by atoms with Gasteiger partial charge in [-0.05, 0) is 42.8 Å². The Bertz CT molecular complexity index is 823. The van der Waals surface area contributed by atoms with Gasteiger partial charge in [0.15, 0.2) is 11.5 Å². The zero-order chi connectivity index (χ0) is 18.7. The first-order chi connectivity index (χ1) is 12.5. The highest BCUT2D eigenvalue weighted by molar-refractivity contribution is 6.30. The van der Waals surface area contributed by atoms with Crippen LogP contribution in [0.2, 0.25) is 5.02 Å². The molecule has 1 fully saturated rings. The Labute approximate surface area is 156 Å². The van der Waals surface area contributed by atoms with Crippen molar-refractivity contribution in [1.29, 1.82) is 0 Å². The topological polar surface area (TPSA) is 76.7 Å². The summed E-state index contributed by atoms with van der Waals surface area (Å²) in [5, 5.41) is 6.21. The first-order valence-corrected chi connectivity index (χ1v) is 8.49. The van der Waals surface area contributed by atoms with Crippen LogP contribution in [0.5, 0.6) is 11.5 Å². The number of hydrogen-bond donors (Lipinski definition) is 2. The second-order valence-electron chi connectivity index (χ2n) is 6.00. The van der Waals surface area contributed by atoms with Gasteiger partial charge in [0.2, 0.25) is 11.8 Å². The van der Waals surface area contributed by atoms with Crippen molar-refractivity contribution in [2.24, 2.45) is 11.8 Å². The van der Waals surface area contributed by atoms with Crippen molar-refractivity contribution >= 4 is 34.8 Å². The van der Waals surface area contributed by atoms with E-state index in [1.165, 1.54) is 7.11 Å². The van der Waals surface area contributed by atoms with Crippen molar-refractivity contribution in [2.75, 3.05) is 24.9 Å². The molecule has 0 spiro atoms. The molecule has 2 N–H and O–H groups in total. The Morgan fingerprint density at radius 3 is 2.00 bits per heavy atom. The number of hydrogen-bond acceptors (Lipinski definition) is 4. The average molecular weight is 375 g/mol. The highest BCUT2D eigenvalue weighted by atomic mass is 35.5. The predicted octanol–water partition coefficient (Wildman–Crippen LogP) is 3.57. The van der Waals surface area contributed by atoms with E-state index in [1.807, 2.05) is 0 Å². The summed E-state index contributed by atoms with van der Waals surface area (Å²) in [6, 6.07) is 12.0. The van der Waals surface area contributed by atoms with E-state index in [0.29, 0.717) is 34.3 Å². The lowest BCUT2D eigenvalue weighted by Crippen LogP contribution is -2.20. The van der Waals surface area contributed by atoms with Crippen LogP contribution < -0.4 is 20.1 Å². The number of carbonyl (C=O) groups is 2. The van der Waals surface area contributed by atoms with Crippen molar-refractivity contribution in [3.63, 3.8) is 0 Å². The number of rotatable bonds is 6. The first kappa shape index (κ1) is 18.1. The van der Waals surface area contributed by atoms with Gasteiger partial charge < -0.3 is 20.1 Å². The molecule has 136 valence electrons. The lowest BCUT2D eigenvalue weighted by atomic mass is 10.2. The lowest BCUT2D eigenvalue weighted by Gasteiger charge is -2.10. The van der Waals surface area contributed by atoms with Crippen LogP contribution in [0.25, 0.3) is 0 Å². The second-order valence-corrected chi connectivity index (χ2v) is 6.44. The van der Waals surface area contributed by atoms with Crippen LogP contribution in [-0.4, -0.2) is 26.0 Å². The summed E-state index contributed by atoms with van der Waals surface area (Å²) in [5.41, 5.74) is 1.25. The third-order valence-corrected chi connectivity index (χ3v) is 4.48. The Morgan fingerprint density at radius 1 is 0.885 bits per heavy atom. The molecule has 7 heteroatoms. The van der Waals surface area contributed by atoms with Crippen molar-refractivity contribution in [3.05, 3.63) is 47.5 Å². The van der Waals surface area contributed by atoms with E-state index < -0.39 is 0 Å². The fraction of sp³-hybridized carbons (Fsp3) is 0.263. The summed E-state index contributed by atoms with van der Waals surface area (Å²) in [6.07, 6.45) is 0.526. The fourth-order valence-electron chi connectivity index (χ4n) is 2.69. The first-order valence-electron chi connectivity index (χ1n) is 8.11. The highest BCUT2D eigenvalue weighted by Crippen LogP contribution is 2.40. The zero-order valence-corrected chi connectivity index (χ0v) is 15.2. The van der Waals surface area contributed by atoms with E-state index in [2.05, 4.69) is 10.6 Å². The highest BCUT2D eigenvalue weighted by Gasteiger charge is 2.48. The second kappa shape index (κ2) is 7.66. The minimum Gasteiger partial charge on any atom is -0.493 e. The van der Waals surface area contributed by atoms with Crippen LogP contribution in [-0.2, 0) is 9.59 Å². The van der Waals surface area contributed by atoms with E-state index in [-0.39, 0.29) is 23.7 Å². The fourth-order valence-corrected chi connectivity index (χ4v) is 2.82. The minimum atomic E-state index is -0.338. The number of ether oxygens (including phenoxy) is 2. The largest absolute Gasteiger partial charge is 0.493 e. The van der Waals surface area contributed by atoms with Gasteiger partial charge in [-0.1, -0.05) is 11.6 Å². The Hall–Kier alpha value is -2.73. The molecule has 2 aromatic rings. The third-order valence-electron chi connectivity index (χ3n) is 4.23. The molecule has 0 bridgehead atoms. The molecule has 0 aliphatic heterocycles. The number of anilines is 2. The number of amides is 2. The number of nitrogens with one attached hydrogen (secondary N) is 2. The monoisotopic (exact) mass is 374 g/mol. The van der Waals surface area contributed by atoms with Gasteiger partial charge in [-0.25, -0.2) is 0 Å². The quantitative estimate of drug-likeness (QED) is 0.810. The molecule has 2 aromatic carbocycles. The molecule has 6 nitrogen and oxygen atoms in total. The number of carbonyl (C=O) groups excluding carboxylic acids is 2. The molecule has 1 aliphatic carbocycles. The molecule has 1 saturated carbocycles. The van der Waals surface area contributed by atoms with Crippen LogP contribution in [0, 0.1) is 11.8 Å². The van der Waals surface area contributed by atoms with Gasteiger partial charge in [-0.15, -0.1) is 0 Å². The van der Waals surface area contributed by atoms with Crippen LogP contribution in [0.4, 0.5) is 11.4 Å². The molecular weight excluding hydrogens is 356 g/mol. The summed E-state index contributed by atoms with van der Waals surface area (Å²) in [4.78, 5) is 24.6. The summed E-state index contributed by atoms with van der Waals surface area (Å²) < 4.78 is 10.4. The smallest absolute Gasteiger partial charge is 0.228 e. The summed E-state index contributed by atoms with van der Waals surface area (Å²) in [5.74, 6) is 0.0877.